The number of carboxylic acid groups (broad SMARTS) is 1. The molecule has 4 atom stereocenters. The number of aromatic nitrogens is 1. The number of nitrogen functional groups attached to an aromatic ring is 1. The molecule has 4 rings (SSSR count). The highest BCUT2D eigenvalue weighted by atomic mass is 32.2. The van der Waals surface area contributed by atoms with Crippen molar-refractivity contribution in [2.75, 3.05) is 39.3 Å². The number of rotatable bonds is 9. The normalized spacial score (nSPS) is 24.9. The standard InChI is InChI=1S/C21H25N7O8S2/c1-5-35-20(33)12-10(17(27(2)3)36-26-12)8-6-37-18-13(16(30)28(18)14(8)19(31)32)24-15(29)11(25-34-4)9-7-38-21(22)23-9/h7,10,13,17-18H,5-6H2,1-4H3,(H2,22,23)(H,24,29)(H,31,32)/b25-11-. The number of carboxylic acids is 1. The Kier molecular flexibility index (Phi) is 7.89. The lowest BCUT2D eigenvalue weighted by molar-refractivity contribution is -0.150. The number of oxime groups is 2. The summed E-state index contributed by atoms with van der Waals surface area (Å²) in [6.45, 7) is 1.72. The van der Waals surface area contributed by atoms with Gasteiger partial charge < -0.3 is 30.6 Å². The summed E-state index contributed by atoms with van der Waals surface area (Å²) in [5, 5.41) is 21.3. The smallest absolute Gasteiger partial charge is 0.356 e. The lowest BCUT2D eigenvalue weighted by Gasteiger charge is -2.50. The van der Waals surface area contributed by atoms with Gasteiger partial charge in [0, 0.05) is 11.1 Å². The third kappa shape index (κ3) is 4.79. The summed E-state index contributed by atoms with van der Waals surface area (Å²) in [4.78, 5) is 68.1. The summed E-state index contributed by atoms with van der Waals surface area (Å²) in [5.41, 5.74) is 5.53. The fourth-order valence-corrected chi connectivity index (χ4v) is 6.19. The first-order chi connectivity index (χ1) is 18.1. The highest BCUT2D eigenvalue weighted by molar-refractivity contribution is 8.00. The highest BCUT2D eigenvalue weighted by Gasteiger charge is 2.57. The van der Waals surface area contributed by atoms with E-state index in [9.17, 15) is 24.3 Å². The molecule has 3 aliphatic rings. The predicted molar refractivity (Wildman–Crippen MR) is 136 cm³/mol. The molecule has 4 heterocycles. The van der Waals surface area contributed by atoms with Gasteiger partial charge in [-0.2, -0.15) is 0 Å². The van der Waals surface area contributed by atoms with Crippen molar-refractivity contribution in [2.45, 2.75) is 24.6 Å². The molecule has 0 radical (unpaired) electrons. The molecule has 2 amide bonds. The molecule has 0 saturated carbocycles. The van der Waals surface area contributed by atoms with Crippen LogP contribution >= 0.6 is 23.1 Å². The Morgan fingerprint density at radius 1 is 1.39 bits per heavy atom. The zero-order valence-electron chi connectivity index (χ0n) is 20.7. The van der Waals surface area contributed by atoms with Crippen molar-refractivity contribution >= 4 is 63.4 Å². The van der Waals surface area contributed by atoms with Crippen LogP contribution in [0.15, 0.2) is 27.0 Å². The van der Waals surface area contributed by atoms with Crippen LogP contribution in [0, 0.1) is 5.92 Å². The minimum absolute atomic E-state index is 0.0841. The van der Waals surface area contributed by atoms with E-state index in [1.165, 1.54) is 24.3 Å². The van der Waals surface area contributed by atoms with E-state index in [1.807, 2.05) is 0 Å². The molecule has 1 saturated heterocycles. The Labute approximate surface area is 224 Å². The number of nitrogens with zero attached hydrogens (tertiary/aromatic N) is 5. The Hall–Kier alpha value is -3.70. The Bertz CT molecular complexity index is 1260. The van der Waals surface area contributed by atoms with Crippen LogP contribution in [0.3, 0.4) is 0 Å². The number of aliphatic carboxylic acids is 1. The average Bonchev–Trinajstić information content (AvgIpc) is 3.51. The van der Waals surface area contributed by atoms with E-state index < -0.39 is 47.3 Å². The quantitative estimate of drug-likeness (QED) is 0.146. The van der Waals surface area contributed by atoms with Gasteiger partial charge in [0.2, 0.25) is 0 Å². The summed E-state index contributed by atoms with van der Waals surface area (Å²) >= 11 is 2.33. The van der Waals surface area contributed by atoms with E-state index in [0.717, 1.165) is 16.2 Å². The van der Waals surface area contributed by atoms with Crippen LogP contribution in [-0.2, 0) is 33.6 Å². The van der Waals surface area contributed by atoms with Crippen LogP contribution in [0.25, 0.3) is 0 Å². The van der Waals surface area contributed by atoms with Crippen LogP contribution in [0.5, 0.6) is 0 Å². The number of hydrogen-bond acceptors (Lipinski definition) is 14. The number of carbonyl (C=O) groups excluding carboxylic acids is 3. The first-order valence-corrected chi connectivity index (χ1v) is 13.1. The predicted octanol–water partition coefficient (Wildman–Crippen LogP) is -0.732. The molecule has 4 N–H and O–H groups in total. The summed E-state index contributed by atoms with van der Waals surface area (Å²) in [7, 11) is 4.64. The number of amides is 2. The van der Waals surface area contributed by atoms with Gasteiger partial charge in [-0.15, -0.1) is 23.1 Å². The van der Waals surface area contributed by atoms with Gasteiger partial charge in [-0.1, -0.05) is 10.3 Å². The van der Waals surface area contributed by atoms with Crippen molar-refractivity contribution in [3.05, 3.63) is 22.3 Å². The first-order valence-electron chi connectivity index (χ1n) is 11.2. The molecule has 17 heteroatoms. The Balaban J connectivity index is 1.62. The van der Waals surface area contributed by atoms with E-state index in [1.54, 1.807) is 25.9 Å². The number of esters is 1. The van der Waals surface area contributed by atoms with Gasteiger partial charge in [-0.25, -0.2) is 14.6 Å². The first kappa shape index (κ1) is 27.3. The number of nitrogens with two attached hydrogens (primary N) is 1. The Morgan fingerprint density at radius 2 is 2.13 bits per heavy atom. The summed E-state index contributed by atoms with van der Waals surface area (Å²) in [5.74, 6) is -4.25. The molecule has 3 aliphatic heterocycles. The molecule has 0 aliphatic carbocycles. The van der Waals surface area contributed by atoms with E-state index in [0.29, 0.717) is 0 Å². The number of carbonyl (C=O) groups is 4. The molecule has 0 bridgehead atoms. The van der Waals surface area contributed by atoms with Gasteiger partial charge in [0.15, 0.2) is 22.8 Å². The number of anilines is 1. The molecule has 4 unspecified atom stereocenters. The minimum Gasteiger partial charge on any atom is -0.477 e. The van der Waals surface area contributed by atoms with Gasteiger partial charge >= 0.3 is 11.9 Å². The zero-order chi connectivity index (χ0) is 27.7. The topological polar surface area (TPSA) is 198 Å². The fourth-order valence-electron chi connectivity index (χ4n) is 4.25. The summed E-state index contributed by atoms with van der Waals surface area (Å²) in [6, 6.07) is -1.04. The van der Waals surface area contributed by atoms with Crippen LogP contribution in [0.1, 0.15) is 12.6 Å². The van der Waals surface area contributed by atoms with Crippen molar-refractivity contribution in [1.29, 1.82) is 0 Å². The van der Waals surface area contributed by atoms with Crippen LogP contribution in [-0.4, -0.2) is 106 Å². The third-order valence-electron chi connectivity index (χ3n) is 5.86. The average molecular weight is 568 g/mol. The maximum atomic E-state index is 13.2. The number of β-lactam (4-membered cyclic amide) rings is 1. The van der Waals surface area contributed by atoms with Gasteiger partial charge in [0.05, 0.1) is 12.5 Å². The van der Waals surface area contributed by atoms with Gasteiger partial charge in [-0.05, 0) is 26.6 Å². The second-order valence-electron chi connectivity index (χ2n) is 8.37. The molecule has 1 aromatic rings. The zero-order valence-corrected chi connectivity index (χ0v) is 22.4. The molecular weight excluding hydrogens is 542 g/mol. The van der Waals surface area contributed by atoms with Crippen molar-refractivity contribution < 1.29 is 38.7 Å². The second kappa shape index (κ2) is 11.0. The third-order valence-corrected chi connectivity index (χ3v) is 7.83. The fraction of sp³-hybridized carbons (Fsp3) is 0.476. The van der Waals surface area contributed by atoms with E-state index in [2.05, 4.69) is 20.6 Å². The Morgan fingerprint density at radius 3 is 2.71 bits per heavy atom. The molecule has 0 aromatic carbocycles. The van der Waals surface area contributed by atoms with E-state index in [-0.39, 0.29) is 45.9 Å². The lowest BCUT2D eigenvalue weighted by atomic mass is 9.89. The number of thioether (sulfide) groups is 1. The van der Waals surface area contributed by atoms with Gasteiger partial charge in [-0.3, -0.25) is 19.4 Å². The van der Waals surface area contributed by atoms with Crippen molar-refractivity contribution in [3.8, 4) is 0 Å². The SMILES string of the molecule is CCOC(=O)C1=NOC(N(C)C)C1C1=C(C(=O)O)N2C(=O)C(NC(=O)/C(=N\OC)c3csc(N)n3)C2SC1. The van der Waals surface area contributed by atoms with E-state index >= 15 is 0 Å². The minimum atomic E-state index is -1.37. The number of fused-ring (bicyclic) bond motifs is 1. The van der Waals surface area contributed by atoms with Crippen LogP contribution in [0.2, 0.25) is 0 Å². The molecule has 1 aromatic heterocycles. The highest BCUT2D eigenvalue weighted by Crippen LogP contribution is 2.44. The van der Waals surface area contributed by atoms with Crippen LogP contribution in [0.4, 0.5) is 5.13 Å². The molecule has 15 nitrogen and oxygen atoms in total. The number of ether oxygens (including phenoxy) is 1. The van der Waals surface area contributed by atoms with Crippen molar-refractivity contribution in [1.82, 2.24) is 20.1 Å². The largest absolute Gasteiger partial charge is 0.477 e. The van der Waals surface area contributed by atoms with Crippen molar-refractivity contribution in [2.24, 2.45) is 16.2 Å². The van der Waals surface area contributed by atoms with Gasteiger partial charge in [0.1, 0.15) is 29.9 Å². The van der Waals surface area contributed by atoms with Gasteiger partial charge in [0.25, 0.3) is 11.8 Å². The molecule has 1 fully saturated rings. The number of nitrogens with one attached hydrogen (secondary N) is 1. The molecular formula is C21H25N7O8S2. The molecule has 0 spiro atoms. The summed E-state index contributed by atoms with van der Waals surface area (Å²) < 4.78 is 5.09. The maximum Gasteiger partial charge on any atom is 0.356 e. The molecule has 204 valence electrons. The second-order valence-corrected chi connectivity index (χ2v) is 10.4. The number of hydrogen-bond donors (Lipinski definition) is 3. The maximum absolute atomic E-state index is 13.2. The monoisotopic (exact) mass is 567 g/mol. The van der Waals surface area contributed by atoms with Crippen molar-refractivity contribution in [3.63, 3.8) is 0 Å². The summed E-state index contributed by atoms with van der Waals surface area (Å²) in [6.07, 6.45) is -0.791. The van der Waals surface area contributed by atoms with E-state index in [4.69, 9.17) is 20.1 Å². The lowest BCUT2D eigenvalue weighted by Crippen LogP contribution is -2.71. The molecule has 38 heavy (non-hydrogen) atoms. The number of thiazole rings is 1. The van der Waals surface area contributed by atoms with Crippen LogP contribution < -0.4 is 11.1 Å².